The number of urea groups is 1. The van der Waals surface area contributed by atoms with Crippen molar-refractivity contribution in [1.29, 1.82) is 0 Å². The second kappa shape index (κ2) is 8.75. The first-order valence-corrected chi connectivity index (χ1v) is 7.67. The molecule has 0 saturated heterocycles. The van der Waals surface area contributed by atoms with Crippen molar-refractivity contribution in [2.45, 2.75) is 26.1 Å². The smallest absolute Gasteiger partial charge is 0.387 e. The summed E-state index contributed by atoms with van der Waals surface area (Å²) in [5, 5.41) is 16.1. The van der Waals surface area contributed by atoms with Crippen LogP contribution in [0.2, 0.25) is 0 Å². The zero-order valence-corrected chi connectivity index (χ0v) is 13.8. The molecular formula is C17H17F2N3O4. The van der Waals surface area contributed by atoms with Gasteiger partial charge in [0, 0.05) is 18.7 Å². The van der Waals surface area contributed by atoms with Crippen LogP contribution in [0.4, 0.5) is 19.3 Å². The van der Waals surface area contributed by atoms with Crippen molar-refractivity contribution in [2.24, 2.45) is 0 Å². The second-order valence-electron chi connectivity index (χ2n) is 5.42. The van der Waals surface area contributed by atoms with E-state index in [9.17, 15) is 23.7 Å². The maximum absolute atomic E-state index is 12.1. The molecule has 2 aromatic rings. The van der Waals surface area contributed by atoms with Crippen molar-refractivity contribution in [3.05, 3.63) is 69.8 Å². The van der Waals surface area contributed by atoms with Gasteiger partial charge < -0.3 is 15.4 Å². The second-order valence-corrected chi connectivity index (χ2v) is 5.42. The lowest BCUT2D eigenvalue weighted by atomic mass is 10.1. The fourth-order valence-electron chi connectivity index (χ4n) is 2.21. The molecule has 1 atom stereocenters. The van der Waals surface area contributed by atoms with E-state index < -0.39 is 23.6 Å². The minimum atomic E-state index is -2.89. The molecule has 0 aliphatic heterocycles. The molecule has 0 spiro atoms. The Bertz CT molecular complexity index is 769. The van der Waals surface area contributed by atoms with E-state index in [0.717, 1.165) is 0 Å². The summed E-state index contributed by atoms with van der Waals surface area (Å²) in [5.41, 5.74) is 1.25. The molecule has 138 valence electrons. The molecular weight excluding hydrogens is 348 g/mol. The number of alkyl halides is 2. The van der Waals surface area contributed by atoms with Crippen molar-refractivity contribution in [1.82, 2.24) is 10.6 Å². The molecule has 0 bridgehead atoms. The number of amides is 2. The van der Waals surface area contributed by atoms with Crippen molar-refractivity contribution in [3.8, 4) is 5.75 Å². The van der Waals surface area contributed by atoms with Crippen LogP contribution in [0.3, 0.4) is 0 Å². The summed E-state index contributed by atoms with van der Waals surface area (Å²) in [5.74, 6) is 0.0347. The summed E-state index contributed by atoms with van der Waals surface area (Å²) in [7, 11) is 0. The van der Waals surface area contributed by atoms with E-state index in [0.29, 0.717) is 11.1 Å². The van der Waals surface area contributed by atoms with E-state index >= 15 is 0 Å². The van der Waals surface area contributed by atoms with Gasteiger partial charge in [-0.2, -0.15) is 8.78 Å². The van der Waals surface area contributed by atoms with Crippen molar-refractivity contribution < 1.29 is 23.2 Å². The topological polar surface area (TPSA) is 93.5 Å². The number of rotatable bonds is 7. The Labute approximate surface area is 148 Å². The standard InChI is InChI=1S/C17H17F2N3O4/c1-11(13-3-2-4-14(9-13)22(24)25)21-17(23)20-10-12-5-7-15(8-6-12)26-16(18)19/h2-9,11,16H,10H2,1H3,(H2,20,21,23). The van der Waals surface area contributed by atoms with Gasteiger partial charge in [0.25, 0.3) is 5.69 Å². The highest BCUT2D eigenvalue weighted by Gasteiger charge is 2.13. The van der Waals surface area contributed by atoms with E-state index in [1.165, 1.54) is 24.3 Å². The lowest BCUT2D eigenvalue weighted by molar-refractivity contribution is -0.384. The van der Waals surface area contributed by atoms with E-state index in [1.807, 2.05) is 0 Å². The zero-order valence-electron chi connectivity index (χ0n) is 13.8. The van der Waals surface area contributed by atoms with Crippen LogP contribution in [-0.2, 0) is 6.54 Å². The molecule has 26 heavy (non-hydrogen) atoms. The van der Waals surface area contributed by atoms with Crippen LogP contribution in [0.5, 0.6) is 5.75 Å². The van der Waals surface area contributed by atoms with Gasteiger partial charge in [-0.25, -0.2) is 4.79 Å². The lowest BCUT2D eigenvalue weighted by Gasteiger charge is -2.15. The quantitative estimate of drug-likeness (QED) is 0.577. The third-order valence-electron chi connectivity index (χ3n) is 3.53. The fraction of sp³-hybridized carbons (Fsp3) is 0.235. The molecule has 2 amide bonds. The maximum Gasteiger partial charge on any atom is 0.387 e. The lowest BCUT2D eigenvalue weighted by Crippen LogP contribution is -2.36. The zero-order chi connectivity index (χ0) is 19.1. The minimum Gasteiger partial charge on any atom is -0.435 e. The van der Waals surface area contributed by atoms with Gasteiger partial charge in [0.1, 0.15) is 5.75 Å². The van der Waals surface area contributed by atoms with E-state index in [2.05, 4.69) is 15.4 Å². The number of nitro benzene ring substituents is 1. The molecule has 9 heteroatoms. The molecule has 0 fully saturated rings. The summed E-state index contributed by atoms with van der Waals surface area (Å²) in [6, 6.07) is 11.0. The first kappa shape index (κ1) is 19.1. The van der Waals surface area contributed by atoms with Crippen LogP contribution in [0.25, 0.3) is 0 Å². The first-order valence-electron chi connectivity index (χ1n) is 7.67. The minimum absolute atomic E-state index is 0.0347. The third-order valence-corrected chi connectivity index (χ3v) is 3.53. The molecule has 1 unspecified atom stereocenters. The molecule has 0 heterocycles. The van der Waals surface area contributed by atoms with Crippen LogP contribution in [0.1, 0.15) is 24.1 Å². The number of carbonyl (C=O) groups excluding carboxylic acids is 1. The molecule has 0 aliphatic rings. The molecule has 0 saturated carbocycles. The molecule has 2 rings (SSSR count). The number of benzene rings is 2. The Balaban J connectivity index is 1.86. The number of ether oxygens (including phenoxy) is 1. The van der Waals surface area contributed by atoms with Gasteiger partial charge in [-0.05, 0) is 30.2 Å². The van der Waals surface area contributed by atoms with Crippen LogP contribution in [0.15, 0.2) is 48.5 Å². The number of hydrogen-bond acceptors (Lipinski definition) is 4. The van der Waals surface area contributed by atoms with Gasteiger partial charge >= 0.3 is 12.6 Å². The Morgan fingerprint density at radius 1 is 1.23 bits per heavy atom. The molecule has 7 nitrogen and oxygen atoms in total. The summed E-state index contributed by atoms with van der Waals surface area (Å²) in [6.45, 7) is -1.00. The molecule has 0 aliphatic carbocycles. The van der Waals surface area contributed by atoms with E-state index in [1.54, 1.807) is 31.2 Å². The molecule has 2 aromatic carbocycles. The van der Waals surface area contributed by atoms with Crippen LogP contribution in [-0.4, -0.2) is 17.6 Å². The highest BCUT2D eigenvalue weighted by atomic mass is 19.3. The van der Waals surface area contributed by atoms with Crippen LogP contribution < -0.4 is 15.4 Å². The summed E-state index contributed by atoms with van der Waals surface area (Å²) < 4.78 is 28.4. The molecule has 0 radical (unpaired) electrons. The SMILES string of the molecule is CC(NC(=O)NCc1ccc(OC(F)F)cc1)c1cccc([N+](=O)[O-])c1. The van der Waals surface area contributed by atoms with Gasteiger partial charge in [-0.1, -0.05) is 24.3 Å². The normalized spacial score (nSPS) is 11.7. The van der Waals surface area contributed by atoms with Crippen LogP contribution >= 0.6 is 0 Å². The monoisotopic (exact) mass is 365 g/mol. The molecule has 0 aromatic heterocycles. The number of carbonyl (C=O) groups is 1. The highest BCUT2D eigenvalue weighted by molar-refractivity contribution is 5.74. The number of nitro groups is 1. The van der Waals surface area contributed by atoms with Crippen molar-refractivity contribution >= 4 is 11.7 Å². The number of nitrogens with zero attached hydrogens (tertiary/aromatic N) is 1. The molecule has 2 N–H and O–H groups in total. The largest absolute Gasteiger partial charge is 0.435 e. The summed E-state index contributed by atoms with van der Waals surface area (Å²) in [4.78, 5) is 22.2. The van der Waals surface area contributed by atoms with Gasteiger partial charge in [0.2, 0.25) is 0 Å². The van der Waals surface area contributed by atoms with Gasteiger partial charge in [-0.3, -0.25) is 10.1 Å². The number of nitrogens with one attached hydrogen (secondary N) is 2. The Kier molecular flexibility index (Phi) is 6.42. The van der Waals surface area contributed by atoms with Crippen molar-refractivity contribution in [3.63, 3.8) is 0 Å². The summed E-state index contributed by atoms with van der Waals surface area (Å²) >= 11 is 0. The Morgan fingerprint density at radius 3 is 2.54 bits per heavy atom. The number of hydrogen-bond donors (Lipinski definition) is 2. The van der Waals surface area contributed by atoms with Crippen molar-refractivity contribution in [2.75, 3.05) is 0 Å². The predicted molar refractivity (Wildman–Crippen MR) is 90.0 cm³/mol. The van der Waals surface area contributed by atoms with E-state index in [4.69, 9.17) is 0 Å². The Hall–Kier alpha value is -3.23. The third kappa shape index (κ3) is 5.69. The first-order chi connectivity index (χ1) is 12.3. The van der Waals surface area contributed by atoms with E-state index in [-0.39, 0.29) is 18.0 Å². The predicted octanol–water partition coefficient (Wildman–Crippen LogP) is 3.76. The maximum atomic E-state index is 12.1. The van der Waals surface area contributed by atoms with Gasteiger partial charge in [0.05, 0.1) is 11.0 Å². The number of halogens is 2. The average molecular weight is 365 g/mol. The highest BCUT2D eigenvalue weighted by Crippen LogP contribution is 2.19. The number of non-ortho nitro benzene ring substituents is 1. The average Bonchev–Trinajstić information content (AvgIpc) is 2.60. The Morgan fingerprint density at radius 2 is 1.92 bits per heavy atom. The van der Waals surface area contributed by atoms with Gasteiger partial charge in [0.15, 0.2) is 0 Å². The van der Waals surface area contributed by atoms with Crippen LogP contribution in [0, 0.1) is 10.1 Å². The summed E-state index contributed by atoms with van der Waals surface area (Å²) in [6.07, 6.45) is 0. The fourth-order valence-corrected chi connectivity index (χ4v) is 2.21. The van der Waals surface area contributed by atoms with Gasteiger partial charge in [-0.15, -0.1) is 0 Å².